The third-order valence-electron chi connectivity index (χ3n) is 6.59. The van der Waals surface area contributed by atoms with Crippen LogP contribution in [0.3, 0.4) is 0 Å². The Balaban J connectivity index is -0.0000000467. The van der Waals surface area contributed by atoms with Crippen molar-refractivity contribution in [3.05, 3.63) is 68.8 Å². The summed E-state index contributed by atoms with van der Waals surface area (Å²) in [5.41, 5.74) is -3.85. The van der Waals surface area contributed by atoms with Crippen molar-refractivity contribution in [3.63, 3.8) is 0 Å². The second kappa shape index (κ2) is 48.6. The molecule has 0 aliphatic carbocycles. The smallest absolute Gasteiger partial charge is 0.354 e. The first kappa shape index (κ1) is 101. The van der Waals surface area contributed by atoms with Gasteiger partial charge in [-0.25, -0.2) is 39.1 Å². The maximum absolute atomic E-state index is 10.6. The first-order valence-electron chi connectivity index (χ1n) is 16.4. The Morgan fingerprint density at radius 3 is 0.557 bits per heavy atom. The van der Waals surface area contributed by atoms with Crippen LogP contribution in [0.25, 0.3) is 0 Å². The number of imidazole rings is 4. The topological polar surface area (TPSA) is 805 Å². The van der Waals surface area contributed by atoms with Crippen LogP contribution in [0.5, 0.6) is 0 Å². The standard InChI is InChI=1S/4C8H10N2O4.2Ni.12H2O/c4*1-2-3-4-9-5(7(11)12)6(10-4)8(13)14;;;;;;;;;;;;;;/h4*2-3H2,1H3,(H,9,10)(H,11,12)(H,13,14);;;12*1H2/p-2. The number of aromatic carboxylic acids is 8. The number of hydrogen-bond donors (Lipinski definition) is 8. The zero-order valence-corrected chi connectivity index (χ0v) is 38.9. The summed E-state index contributed by atoms with van der Waals surface area (Å²) in [6, 6.07) is 0. The monoisotopic (exact) mass is 1120 g/mol. The fourth-order valence-electron chi connectivity index (χ4n) is 4.32. The van der Waals surface area contributed by atoms with Gasteiger partial charge in [-0.15, -0.1) is 0 Å². The fraction of sp³-hybridized carbons (Fsp3) is 0.375. The minimum absolute atomic E-state index is 0. The van der Waals surface area contributed by atoms with Crippen molar-refractivity contribution in [2.75, 3.05) is 0 Å². The maximum atomic E-state index is 10.6. The van der Waals surface area contributed by atoms with E-state index in [0.29, 0.717) is 49.0 Å². The zero-order chi connectivity index (χ0) is 42.9. The van der Waals surface area contributed by atoms with Gasteiger partial charge in [0.15, 0.2) is 22.8 Å². The predicted molar refractivity (Wildman–Crippen MR) is 221 cm³/mol. The Kier molecular flexibility index (Phi) is 70.0. The van der Waals surface area contributed by atoms with Crippen LogP contribution in [0.4, 0.5) is 0 Å². The van der Waals surface area contributed by atoms with Crippen molar-refractivity contribution in [2.45, 2.75) is 79.1 Å². The van der Waals surface area contributed by atoms with Gasteiger partial charge in [0, 0.05) is 58.7 Å². The third-order valence-corrected chi connectivity index (χ3v) is 6.59. The van der Waals surface area contributed by atoms with Crippen molar-refractivity contribution in [2.24, 2.45) is 0 Å². The number of rotatable bonds is 16. The normalized spacial score (nSPS) is 8.06. The number of carboxylic acid groups (broad SMARTS) is 8. The molecule has 4 aromatic heterocycles. The number of nitrogens with one attached hydrogen (secondary N) is 4. The number of carboxylic acids is 8. The number of nitrogens with zero attached hydrogens (tertiary/aromatic N) is 4. The van der Waals surface area contributed by atoms with Crippen molar-refractivity contribution < 1.29 is 178 Å². The molecule has 0 atom stereocenters. The molecule has 0 bridgehead atoms. The van der Waals surface area contributed by atoms with Gasteiger partial charge in [-0.1, -0.05) is 27.7 Å². The molecule has 0 aliphatic heterocycles. The van der Waals surface area contributed by atoms with E-state index in [2.05, 4.69) is 39.9 Å². The van der Waals surface area contributed by atoms with Gasteiger partial charge >= 0.3 is 23.9 Å². The minimum atomic E-state index is -1.58. The van der Waals surface area contributed by atoms with E-state index in [-0.39, 0.29) is 98.7 Å². The van der Waals surface area contributed by atoms with Gasteiger partial charge in [0.1, 0.15) is 46.1 Å². The van der Waals surface area contributed by atoms with Gasteiger partial charge < -0.3 is 146 Å². The molecule has 4 heterocycles. The van der Waals surface area contributed by atoms with E-state index >= 15 is 0 Å². The van der Waals surface area contributed by atoms with E-state index in [1.165, 1.54) is 0 Å². The van der Waals surface area contributed by atoms with Crippen molar-refractivity contribution in [3.8, 4) is 0 Å². The molecular formula is C32H62N8Ni2O28-2. The molecule has 0 spiro atoms. The van der Waals surface area contributed by atoms with Crippen LogP contribution in [-0.4, -0.2) is 163 Å². The molecule has 70 heavy (non-hydrogen) atoms. The number of carbonyl (C=O) groups excluding carboxylic acids is 4. The summed E-state index contributed by atoms with van der Waals surface area (Å²) in [6.07, 6.45) is 5.03. The Bertz CT molecular complexity index is 1670. The first-order valence-corrected chi connectivity index (χ1v) is 16.4. The second-order valence-corrected chi connectivity index (χ2v) is 11.0. The molecule has 34 N–H and O–H groups in total. The summed E-state index contributed by atoms with van der Waals surface area (Å²) in [4.78, 5) is 108. The summed E-state index contributed by atoms with van der Waals surface area (Å²) in [6.45, 7) is 7.51. The van der Waals surface area contributed by atoms with Gasteiger partial charge in [0.2, 0.25) is 0 Å². The number of H-pyrrole nitrogens is 4. The molecule has 0 aliphatic rings. The third kappa shape index (κ3) is 30.5. The summed E-state index contributed by atoms with van der Waals surface area (Å²) in [5.74, 6) is -10.3. The summed E-state index contributed by atoms with van der Waals surface area (Å²) >= 11 is 0. The molecule has 420 valence electrons. The molecule has 0 fully saturated rings. The first-order chi connectivity index (χ1) is 26.2. The van der Waals surface area contributed by atoms with Gasteiger partial charge in [-0.3, -0.25) is 0 Å². The van der Waals surface area contributed by atoms with E-state index in [4.69, 9.17) is 20.4 Å². The number of aromatic amines is 4. The van der Waals surface area contributed by atoms with Crippen molar-refractivity contribution >= 4 is 47.8 Å². The molecule has 0 saturated carbocycles. The predicted octanol–water partition coefficient (Wildman–Crippen LogP) is -12.4. The van der Waals surface area contributed by atoms with Crippen LogP contribution in [0.2, 0.25) is 0 Å². The molecule has 0 unspecified atom stereocenters. The van der Waals surface area contributed by atoms with Gasteiger partial charge in [0.05, 0.1) is 23.9 Å². The molecular weight excluding hydrogens is 1060 g/mol. The van der Waals surface area contributed by atoms with Gasteiger partial charge in [0.25, 0.3) is 0 Å². The summed E-state index contributed by atoms with van der Waals surface area (Å²) in [5, 5.41) is 76.5. The van der Waals surface area contributed by atoms with E-state index in [1.54, 1.807) is 0 Å². The average molecular weight is 1120 g/mol. The minimum Gasteiger partial charge on any atom is -0.543 e. The molecule has 36 nitrogen and oxygen atoms in total. The van der Waals surface area contributed by atoms with Crippen LogP contribution in [-0.2, 0) is 69.6 Å². The fourth-order valence-corrected chi connectivity index (χ4v) is 4.32. The van der Waals surface area contributed by atoms with E-state index < -0.39 is 93.3 Å². The average Bonchev–Trinajstić information content (AvgIpc) is 3.91. The molecule has 4 aromatic rings. The van der Waals surface area contributed by atoms with Crippen molar-refractivity contribution in [1.82, 2.24) is 39.9 Å². The zero-order valence-electron chi connectivity index (χ0n) is 36.9. The quantitative estimate of drug-likeness (QED) is 0.0381. The molecule has 0 saturated heterocycles. The van der Waals surface area contributed by atoms with Gasteiger partial charge in [-0.05, 0) is 25.7 Å². The Morgan fingerprint density at radius 2 is 0.486 bits per heavy atom. The summed E-state index contributed by atoms with van der Waals surface area (Å²) in [7, 11) is 0. The second-order valence-electron chi connectivity index (χ2n) is 11.0. The van der Waals surface area contributed by atoms with Crippen LogP contribution < -0.4 is 20.4 Å². The van der Waals surface area contributed by atoms with E-state index in [1.807, 2.05) is 27.7 Å². The van der Waals surface area contributed by atoms with E-state index in [9.17, 15) is 58.8 Å². The number of aromatic nitrogens is 8. The van der Waals surface area contributed by atoms with Crippen LogP contribution >= 0.6 is 0 Å². The molecule has 0 aromatic carbocycles. The largest absolute Gasteiger partial charge is 0.543 e. The number of carbonyl (C=O) groups is 8. The maximum Gasteiger partial charge on any atom is 0.354 e. The molecule has 4 rings (SSSR count). The SMILES string of the molecule is CCCc1nc(C(=O)[O-])c(C(=O)O)[nH]1.CCCc1nc(C(=O)[O-])c(C(=O)O)[nH]1.CCCc1nc(C(=O)[O-])c(C(=O)O)[nH]1.CCCc1nc(C(=O)[O-])c(C(=O)O)[nH]1.O.O.O.O.O.O.O.O.O.O.[Ni].[Ni].[OH3+].[OH3+]. The van der Waals surface area contributed by atoms with Crippen LogP contribution in [0.1, 0.15) is 161 Å². The van der Waals surface area contributed by atoms with E-state index in [0.717, 1.165) is 25.7 Å². The van der Waals surface area contributed by atoms with Crippen molar-refractivity contribution in [1.29, 1.82) is 0 Å². The van der Waals surface area contributed by atoms with Gasteiger partial charge in [-0.2, -0.15) is 0 Å². The molecule has 0 amide bonds. The Morgan fingerprint density at radius 1 is 0.357 bits per heavy atom. The molecule has 38 heteroatoms. The molecule has 0 radical (unpaired) electrons. The Labute approximate surface area is 412 Å². The number of hydrogen-bond acceptors (Lipinski definition) is 16. The van der Waals surface area contributed by atoms with Crippen LogP contribution in [0.15, 0.2) is 0 Å². The number of aryl methyl sites for hydroxylation is 4. The summed E-state index contributed by atoms with van der Waals surface area (Å²) < 4.78 is 0. The Hall–Kier alpha value is -6.89. The van der Waals surface area contributed by atoms with Crippen LogP contribution in [0, 0.1) is 0 Å².